The molecular formula is C5H8ClN3O2S2. The zero-order valence-electron chi connectivity index (χ0n) is 6.82. The molecule has 74 valence electrons. The lowest BCUT2D eigenvalue weighted by Crippen LogP contribution is -2.14. The minimum absolute atomic E-state index is 0.0564. The molecule has 1 N–H and O–H groups in total. The summed E-state index contributed by atoms with van der Waals surface area (Å²) in [5.41, 5.74) is 0. The number of hydrogen-bond donors (Lipinski definition) is 1. The fraction of sp³-hybridized carbons (Fsp3) is 0.600. The predicted molar refractivity (Wildman–Crippen MR) is 53.1 cm³/mol. The summed E-state index contributed by atoms with van der Waals surface area (Å²) < 4.78 is 29.0. The molecule has 0 atom stereocenters. The van der Waals surface area contributed by atoms with Gasteiger partial charge in [0.05, 0.1) is 17.5 Å². The summed E-state index contributed by atoms with van der Waals surface area (Å²) in [6, 6.07) is 0. The quantitative estimate of drug-likeness (QED) is 0.838. The van der Waals surface area contributed by atoms with E-state index in [2.05, 4.69) is 14.1 Å². The monoisotopic (exact) mass is 241 g/mol. The van der Waals surface area contributed by atoms with E-state index in [1.165, 1.54) is 6.26 Å². The summed E-state index contributed by atoms with van der Waals surface area (Å²) in [6.45, 7) is 0.296. The summed E-state index contributed by atoms with van der Waals surface area (Å²) in [5.74, 6) is 0.497. The van der Waals surface area contributed by atoms with Crippen LogP contribution in [-0.2, 0) is 9.84 Å². The molecule has 8 heteroatoms. The number of halogens is 1. The summed E-state index contributed by atoms with van der Waals surface area (Å²) >= 11 is 6.59. The second-order valence-corrected chi connectivity index (χ2v) is 5.61. The van der Waals surface area contributed by atoms with Crippen molar-refractivity contribution in [3.8, 4) is 0 Å². The summed E-state index contributed by atoms with van der Waals surface area (Å²) in [5, 5.41) is 3.05. The Kier molecular flexibility index (Phi) is 3.46. The van der Waals surface area contributed by atoms with Crippen molar-refractivity contribution in [2.45, 2.75) is 0 Å². The Morgan fingerprint density at radius 2 is 2.23 bits per heavy atom. The summed E-state index contributed by atoms with van der Waals surface area (Å²) in [4.78, 5) is 0. The third kappa shape index (κ3) is 3.88. The number of sulfone groups is 1. The number of hydrogen-bond acceptors (Lipinski definition) is 6. The first-order valence-electron chi connectivity index (χ1n) is 3.39. The van der Waals surface area contributed by atoms with Crippen molar-refractivity contribution >= 4 is 39.0 Å². The van der Waals surface area contributed by atoms with E-state index in [1.54, 1.807) is 0 Å². The SMILES string of the molecule is CS(=O)(=O)CCNc1nsnc1Cl. The van der Waals surface area contributed by atoms with Crippen molar-refractivity contribution in [1.82, 2.24) is 8.75 Å². The molecule has 1 aromatic heterocycles. The van der Waals surface area contributed by atoms with Gasteiger partial charge in [-0.05, 0) is 0 Å². The van der Waals surface area contributed by atoms with Gasteiger partial charge in [-0.1, -0.05) is 11.6 Å². The molecule has 1 heterocycles. The minimum atomic E-state index is -2.94. The van der Waals surface area contributed by atoms with Crippen LogP contribution in [0.1, 0.15) is 0 Å². The molecule has 0 aliphatic rings. The molecule has 1 rings (SSSR count). The molecule has 0 aliphatic heterocycles. The molecule has 0 spiro atoms. The highest BCUT2D eigenvalue weighted by molar-refractivity contribution is 7.90. The van der Waals surface area contributed by atoms with Crippen LogP contribution in [0, 0.1) is 0 Å². The highest BCUT2D eigenvalue weighted by Crippen LogP contribution is 2.16. The molecule has 0 fully saturated rings. The topological polar surface area (TPSA) is 72.0 Å². The van der Waals surface area contributed by atoms with Crippen molar-refractivity contribution in [2.24, 2.45) is 0 Å². The van der Waals surface area contributed by atoms with E-state index >= 15 is 0 Å². The molecule has 0 amide bonds. The third-order valence-electron chi connectivity index (χ3n) is 1.21. The van der Waals surface area contributed by atoms with Gasteiger partial charge < -0.3 is 5.32 Å². The molecule has 13 heavy (non-hydrogen) atoms. The Morgan fingerprint density at radius 3 is 2.69 bits per heavy atom. The molecule has 0 bridgehead atoms. The fourth-order valence-electron chi connectivity index (χ4n) is 0.638. The zero-order chi connectivity index (χ0) is 9.90. The highest BCUT2D eigenvalue weighted by atomic mass is 35.5. The van der Waals surface area contributed by atoms with E-state index in [1.807, 2.05) is 0 Å². The number of nitrogens with one attached hydrogen (secondary N) is 1. The van der Waals surface area contributed by atoms with Gasteiger partial charge in [0.15, 0.2) is 11.0 Å². The van der Waals surface area contributed by atoms with Gasteiger partial charge in [0, 0.05) is 12.8 Å². The van der Waals surface area contributed by atoms with Crippen LogP contribution in [0.4, 0.5) is 5.82 Å². The first kappa shape index (κ1) is 10.7. The molecule has 0 aliphatic carbocycles. The standard InChI is InChI=1S/C5H8ClN3O2S2/c1-13(10,11)3-2-7-5-4(6)8-12-9-5/h2-3H2,1H3,(H,7,9). The Hall–Kier alpha value is -0.400. The van der Waals surface area contributed by atoms with Crippen molar-refractivity contribution < 1.29 is 8.42 Å². The average molecular weight is 242 g/mol. The number of rotatable bonds is 4. The largest absolute Gasteiger partial charge is 0.366 e. The summed E-state index contributed by atoms with van der Waals surface area (Å²) in [6.07, 6.45) is 1.18. The first-order valence-corrected chi connectivity index (χ1v) is 6.55. The van der Waals surface area contributed by atoms with Crippen LogP contribution in [0.15, 0.2) is 0 Å². The Morgan fingerprint density at radius 1 is 1.54 bits per heavy atom. The third-order valence-corrected chi connectivity index (χ3v) is 3.05. The van der Waals surface area contributed by atoms with E-state index < -0.39 is 9.84 Å². The van der Waals surface area contributed by atoms with Crippen molar-refractivity contribution in [2.75, 3.05) is 23.9 Å². The van der Waals surface area contributed by atoms with Gasteiger partial charge in [-0.15, -0.1) is 0 Å². The van der Waals surface area contributed by atoms with E-state index in [4.69, 9.17) is 11.6 Å². The van der Waals surface area contributed by atoms with Crippen LogP contribution >= 0.6 is 23.3 Å². The second kappa shape index (κ2) is 4.21. The van der Waals surface area contributed by atoms with Crippen LogP contribution in [0.5, 0.6) is 0 Å². The second-order valence-electron chi connectivity index (χ2n) is 2.46. The maximum Gasteiger partial charge on any atom is 0.186 e. The van der Waals surface area contributed by atoms with E-state index in [-0.39, 0.29) is 10.9 Å². The molecule has 5 nitrogen and oxygen atoms in total. The van der Waals surface area contributed by atoms with Crippen molar-refractivity contribution in [1.29, 1.82) is 0 Å². The molecular weight excluding hydrogens is 234 g/mol. The van der Waals surface area contributed by atoms with E-state index in [0.717, 1.165) is 11.7 Å². The van der Waals surface area contributed by atoms with Crippen molar-refractivity contribution in [3.05, 3.63) is 5.15 Å². The van der Waals surface area contributed by atoms with Crippen LogP contribution in [-0.4, -0.2) is 35.7 Å². The molecule has 1 aromatic rings. The average Bonchev–Trinajstić information content (AvgIpc) is 2.34. The van der Waals surface area contributed by atoms with Gasteiger partial charge in [0.2, 0.25) is 0 Å². The van der Waals surface area contributed by atoms with E-state index in [9.17, 15) is 8.42 Å². The lowest BCUT2D eigenvalue weighted by Gasteiger charge is -2.00. The van der Waals surface area contributed by atoms with Gasteiger partial charge in [-0.2, -0.15) is 8.75 Å². The first-order chi connectivity index (χ1) is 5.99. The molecule has 0 unspecified atom stereocenters. The molecule has 0 saturated carbocycles. The van der Waals surface area contributed by atoms with Crippen LogP contribution in [0.25, 0.3) is 0 Å². The number of anilines is 1. The smallest absolute Gasteiger partial charge is 0.186 e. The lowest BCUT2D eigenvalue weighted by molar-refractivity contribution is 0.602. The minimum Gasteiger partial charge on any atom is -0.366 e. The highest BCUT2D eigenvalue weighted by Gasteiger charge is 2.06. The van der Waals surface area contributed by atoms with Crippen LogP contribution in [0.3, 0.4) is 0 Å². The maximum atomic E-state index is 10.7. The maximum absolute atomic E-state index is 10.7. The fourth-order valence-corrected chi connectivity index (χ4v) is 1.79. The van der Waals surface area contributed by atoms with Gasteiger partial charge in [-0.3, -0.25) is 0 Å². The molecule has 0 saturated heterocycles. The zero-order valence-corrected chi connectivity index (χ0v) is 9.21. The number of aromatic nitrogens is 2. The predicted octanol–water partition coefficient (Wildman–Crippen LogP) is 0.648. The molecule has 0 aromatic carbocycles. The van der Waals surface area contributed by atoms with Gasteiger partial charge >= 0.3 is 0 Å². The van der Waals surface area contributed by atoms with E-state index in [0.29, 0.717) is 12.4 Å². The Bertz CT molecular complexity index is 375. The number of nitrogens with zero attached hydrogens (tertiary/aromatic N) is 2. The van der Waals surface area contributed by atoms with Crippen LogP contribution < -0.4 is 5.32 Å². The van der Waals surface area contributed by atoms with Gasteiger partial charge in [0.25, 0.3) is 0 Å². The normalized spacial score (nSPS) is 11.5. The Balaban J connectivity index is 2.41. The van der Waals surface area contributed by atoms with Crippen molar-refractivity contribution in [3.63, 3.8) is 0 Å². The molecule has 0 radical (unpaired) electrons. The Labute approximate surface area is 85.4 Å². The summed E-state index contributed by atoms with van der Waals surface area (Å²) in [7, 11) is -2.94. The lowest BCUT2D eigenvalue weighted by atomic mass is 10.6. The van der Waals surface area contributed by atoms with Gasteiger partial charge in [-0.25, -0.2) is 8.42 Å². The van der Waals surface area contributed by atoms with Gasteiger partial charge in [0.1, 0.15) is 9.84 Å². The van der Waals surface area contributed by atoms with Crippen LogP contribution in [0.2, 0.25) is 5.15 Å².